The minimum atomic E-state index is -0.825. The molecule has 1 unspecified atom stereocenters. The second kappa shape index (κ2) is 7.90. The molecule has 2 heterocycles. The van der Waals surface area contributed by atoms with E-state index >= 15 is 0 Å². The normalized spacial score (nSPS) is 25.7. The summed E-state index contributed by atoms with van der Waals surface area (Å²) in [6.07, 6.45) is 3.67. The minimum absolute atomic E-state index is 0.0390. The van der Waals surface area contributed by atoms with Crippen LogP contribution in [-0.2, 0) is 4.74 Å². The van der Waals surface area contributed by atoms with Crippen LogP contribution in [0.5, 0.6) is 0 Å². The third kappa shape index (κ3) is 4.10. The highest BCUT2D eigenvalue weighted by Crippen LogP contribution is 2.28. The Bertz CT molecular complexity index is 624. The van der Waals surface area contributed by atoms with E-state index in [4.69, 9.17) is 9.84 Å². The minimum Gasteiger partial charge on any atom is -0.394 e. The first kappa shape index (κ1) is 17.9. The molecule has 4 atom stereocenters. The van der Waals surface area contributed by atoms with E-state index in [1.54, 1.807) is 0 Å². The zero-order chi connectivity index (χ0) is 17.0. The maximum atomic E-state index is 12.1. The summed E-state index contributed by atoms with van der Waals surface area (Å²) >= 11 is 0. The summed E-state index contributed by atoms with van der Waals surface area (Å²) in [6.45, 7) is 3.78. The lowest BCUT2D eigenvalue weighted by atomic mass is 9.97. The number of aliphatic hydroxyl groups excluding tert-OH is 2. The molecule has 0 aliphatic carbocycles. The van der Waals surface area contributed by atoms with Crippen LogP contribution in [0.3, 0.4) is 0 Å². The van der Waals surface area contributed by atoms with Crippen LogP contribution in [0.1, 0.15) is 63.7 Å². The Morgan fingerprint density at radius 1 is 1.43 bits per heavy atom. The van der Waals surface area contributed by atoms with Gasteiger partial charge in [-0.3, -0.25) is 14.3 Å². The smallest absolute Gasteiger partial charge is 0.330 e. The number of rotatable bonds is 7. The second-order valence-electron chi connectivity index (χ2n) is 6.26. The van der Waals surface area contributed by atoms with Crippen molar-refractivity contribution in [1.29, 1.82) is 0 Å². The van der Waals surface area contributed by atoms with E-state index in [0.717, 1.165) is 25.7 Å². The van der Waals surface area contributed by atoms with Crippen molar-refractivity contribution in [2.45, 2.75) is 70.3 Å². The first-order chi connectivity index (χ1) is 11.0. The predicted molar refractivity (Wildman–Crippen MR) is 85.5 cm³/mol. The first-order valence-electron chi connectivity index (χ1n) is 8.27. The lowest BCUT2D eigenvalue weighted by Crippen LogP contribution is -2.34. The van der Waals surface area contributed by atoms with Gasteiger partial charge in [-0.2, -0.15) is 0 Å². The van der Waals surface area contributed by atoms with Crippen LogP contribution in [0.25, 0.3) is 0 Å². The fourth-order valence-electron chi connectivity index (χ4n) is 2.97. The molecule has 0 aromatic carbocycles. The van der Waals surface area contributed by atoms with Gasteiger partial charge in [0.2, 0.25) is 0 Å². The SMILES string of the molecule is CCCCCC(C)c1cn([C@H]2C[C@H](O)[C@@H](CO)O2)c(=O)[nH]c1=O. The molecule has 1 aromatic rings. The molecule has 23 heavy (non-hydrogen) atoms. The summed E-state index contributed by atoms with van der Waals surface area (Å²) in [5.74, 6) is 0.0390. The molecular weight excluding hydrogens is 300 g/mol. The largest absolute Gasteiger partial charge is 0.394 e. The average molecular weight is 326 g/mol. The molecule has 0 radical (unpaired) electrons. The molecule has 3 N–H and O–H groups in total. The molecule has 1 fully saturated rings. The van der Waals surface area contributed by atoms with Gasteiger partial charge in [0.1, 0.15) is 12.3 Å². The number of hydrogen-bond donors (Lipinski definition) is 3. The molecule has 7 heteroatoms. The molecular formula is C16H26N2O5. The van der Waals surface area contributed by atoms with E-state index in [1.165, 1.54) is 10.8 Å². The van der Waals surface area contributed by atoms with Crippen molar-refractivity contribution in [3.8, 4) is 0 Å². The molecule has 1 aliphatic heterocycles. The first-order valence-corrected chi connectivity index (χ1v) is 8.27. The van der Waals surface area contributed by atoms with Gasteiger partial charge in [-0.15, -0.1) is 0 Å². The van der Waals surface area contributed by atoms with Crippen LogP contribution in [0.15, 0.2) is 15.8 Å². The summed E-state index contributed by atoms with van der Waals surface area (Å²) in [5, 5.41) is 19.0. The highest BCUT2D eigenvalue weighted by Gasteiger charge is 2.35. The maximum absolute atomic E-state index is 12.1. The van der Waals surface area contributed by atoms with Gasteiger partial charge in [-0.1, -0.05) is 33.1 Å². The van der Waals surface area contributed by atoms with Gasteiger partial charge in [-0.25, -0.2) is 4.79 Å². The quantitative estimate of drug-likeness (QED) is 0.645. The van der Waals surface area contributed by atoms with E-state index in [9.17, 15) is 14.7 Å². The highest BCUT2D eigenvalue weighted by atomic mass is 16.5. The van der Waals surface area contributed by atoms with Crippen molar-refractivity contribution >= 4 is 0 Å². The van der Waals surface area contributed by atoms with Crippen molar-refractivity contribution < 1.29 is 14.9 Å². The van der Waals surface area contributed by atoms with Crippen molar-refractivity contribution in [3.05, 3.63) is 32.6 Å². The number of nitrogens with one attached hydrogen (secondary N) is 1. The van der Waals surface area contributed by atoms with E-state index in [2.05, 4.69) is 11.9 Å². The molecule has 7 nitrogen and oxygen atoms in total. The van der Waals surface area contributed by atoms with Crippen molar-refractivity contribution in [2.75, 3.05) is 6.61 Å². The number of nitrogens with zero attached hydrogens (tertiary/aromatic N) is 1. The molecule has 0 spiro atoms. The Hall–Kier alpha value is -1.44. The third-order valence-electron chi connectivity index (χ3n) is 4.46. The third-order valence-corrected chi connectivity index (χ3v) is 4.46. The van der Waals surface area contributed by atoms with Crippen LogP contribution >= 0.6 is 0 Å². The van der Waals surface area contributed by atoms with Crippen LogP contribution in [0, 0.1) is 0 Å². The lowest BCUT2D eigenvalue weighted by molar-refractivity contribution is -0.0460. The van der Waals surface area contributed by atoms with E-state index < -0.39 is 24.1 Å². The van der Waals surface area contributed by atoms with Crippen molar-refractivity contribution in [1.82, 2.24) is 9.55 Å². The second-order valence-corrected chi connectivity index (χ2v) is 6.26. The number of ether oxygens (including phenoxy) is 1. The topological polar surface area (TPSA) is 105 Å². The van der Waals surface area contributed by atoms with Crippen molar-refractivity contribution in [3.63, 3.8) is 0 Å². The number of aliphatic hydroxyl groups is 2. The molecule has 1 saturated heterocycles. The summed E-state index contributed by atoms with van der Waals surface area (Å²) in [4.78, 5) is 26.4. The number of hydrogen-bond acceptors (Lipinski definition) is 5. The molecule has 0 saturated carbocycles. The van der Waals surface area contributed by atoms with E-state index in [-0.39, 0.29) is 24.5 Å². The summed E-state index contributed by atoms with van der Waals surface area (Å²) in [5.41, 5.74) is -0.381. The van der Waals surface area contributed by atoms with Crippen molar-refractivity contribution in [2.24, 2.45) is 0 Å². The number of aromatic nitrogens is 2. The van der Waals surface area contributed by atoms with Crippen LogP contribution in [-0.4, -0.2) is 38.6 Å². The van der Waals surface area contributed by atoms with Gasteiger partial charge in [0.25, 0.3) is 5.56 Å². The zero-order valence-corrected chi connectivity index (χ0v) is 13.7. The lowest BCUT2D eigenvalue weighted by Gasteiger charge is -2.17. The molecule has 0 bridgehead atoms. The van der Waals surface area contributed by atoms with E-state index in [0.29, 0.717) is 5.56 Å². The predicted octanol–water partition coefficient (Wildman–Crippen LogP) is 0.861. The van der Waals surface area contributed by atoms with E-state index in [1.807, 2.05) is 6.92 Å². The number of unbranched alkanes of at least 4 members (excludes halogenated alkanes) is 2. The monoisotopic (exact) mass is 326 g/mol. The van der Waals surface area contributed by atoms with Gasteiger partial charge in [0, 0.05) is 18.2 Å². The average Bonchev–Trinajstić information content (AvgIpc) is 2.88. The Morgan fingerprint density at radius 2 is 2.17 bits per heavy atom. The number of H-pyrrole nitrogens is 1. The molecule has 0 amide bonds. The van der Waals surface area contributed by atoms with Crippen LogP contribution < -0.4 is 11.2 Å². The molecule has 2 rings (SSSR count). The fourth-order valence-corrected chi connectivity index (χ4v) is 2.97. The van der Waals surface area contributed by atoms with Gasteiger partial charge in [-0.05, 0) is 12.3 Å². The van der Waals surface area contributed by atoms with Gasteiger partial charge in [0.05, 0.1) is 12.7 Å². The van der Waals surface area contributed by atoms with Gasteiger partial charge in [0.15, 0.2) is 0 Å². The fraction of sp³-hybridized carbons (Fsp3) is 0.750. The summed E-state index contributed by atoms with van der Waals surface area (Å²) < 4.78 is 6.82. The summed E-state index contributed by atoms with van der Waals surface area (Å²) in [6, 6.07) is 0. The zero-order valence-electron chi connectivity index (χ0n) is 13.7. The Morgan fingerprint density at radius 3 is 2.78 bits per heavy atom. The van der Waals surface area contributed by atoms with Gasteiger partial charge >= 0.3 is 5.69 Å². The van der Waals surface area contributed by atoms with Crippen LogP contribution in [0.2, 0.25) is 0 Å². The Kier molecular flexibility index (Phi) is 6.15. The number of aromatic amines is 1. The van der Waals surface area contributed by atoms with Gasteiger partial charge < -0.3 is 14.9 Å². The molecule has 1 aliphatic rings. The highest BCUT2D eigenvalue weighted by molar-refractivity contribution is 5.11. The molecule has 1 aromatic heterocycles. The Labute approximate surface area is 134 Å². The Balaban J connectivity index is 2.23. The standard InChI is InChI=1S/C16H26N2O5/c1-3-4-5-6-10(2)11-8-18(16(22)17-15(11)21)14-7-12(20)13(9-19)23-14/h8,10,12-14,19-20H,3-7,9H2,1-2H3,(H,17,21,22)/t10?,12-,13+,14+/m0/s1. The maximum Gasteiger partial charge on any atom is 0.330 e. The molecule has 130 valence electrons. The summed E-state index contributed by atoms with van der Waals surface area (Å²) in [7, 11) is 0. The van der Waals surface area contributed by atoms with Crippen LogP contribution in [0.4, 0.5) is 0 Å².